The third-order valence-electron chi connectivity index (χ3n) is 7.33. The van der Waals surface area contributed by atoms with Gasteiger partial charge in [0.05, 0.1) is 25.7 Å². The quantitative estimate of drug-likeness (QED) is 0.474. The predicted octanol–water partition coefficient (Wildman–Crippen LogP) is 3.04. The first-order valence-corrected chi connectivity index (χ1v) is 13.6. The van der Waals surface area contributed by atoms with Crippen molar-refractivity contribution in [3.63, 3.8) is 0 Å². The molecule has 0 saturated carbocycles. The molecule has 0 aliphatic carbocycles. The lowest BCUT2D eigenvalue weighted by Crippen LogP contribution is -2.77. The first-order chi connectivity index (χ1) is 18.5. The van der Waals surface area contributed by atoms with Crippen LogP contribution in [0.4, 0.5) is 4.79 Å². The van der Waals surface area contributed by atoms with Crippen LogP contribution in [0.3, 0.4) is 0 Å². The minimum Gasteiger partial charge on any atom is -0.377 e. The fraction of sp³-hybridized carbons (Fsp3) is 0.467. The molecule has 2 N–H and O–H groups in total. The van der Waals surface area contributed by atoms with E-state index in [9.17, 15) is 14.7 Å². The van der Waals surface area contributed by atoms with Gasteiger partial charge in [0.1, 0.15) is 12.4 Å². The van der Waals surface area contributed by atoms with Crippen molar-refractivity contribution in [3.05, 3.63) is 71.8 Å². The number of carbonyl (C=O) groups excluding carboxylic acids is 2. The Labute approximate surface area is 226 Å². The Balaban J connectivity index is 1.56. The summed E-state index contributed by atoms with van der Waals surface area (Å²) < 4.78 is 0. The molecule has 2 aliphatic heterocycles. The molecule has 0 aromatic heterocycles. The molecule has 2 fully saturated rings. The third kappa shape index (κ3) is 6.54. The summed E-state index contributed by atoms with van der Waals surface area (Å²) in [5.41, 5.74) is 2.22. The van der Waals surface area contributed by atoms with Gasteiger partial charge in [-0.3, -0.25) is 4.79 Å². The van der Waals surface area contributed by atoms with Gasteiger partial charge in [-0.05, 0) is 30.4 Å². The summed E-state index contributed by atoms with van der Waals surface area (Å²) in [6.45, 7) is 3.70. The van der Waals surface area contributed by atoms with E-state index in [0.717, 1.165) is 31.2 Å². The normalized spacial score (nSPS) is 22.1. The molecule has 2 aliphatic rings. The summed E-state index contributed by atoms with van der Waals surface area (Å²) in [5.74, 6) is 2.65. The number of rotatable bonds is 10. The lowest BCUT2D eigenvalue weighted by atomic mass is 10.00. The predicted molar refractivity (Wildman–Crippen MR) is 147 cm³/mol. The third-order valence-corrected chi connectivity index (χ3v) is 7.33. The van der Waals surface area contributed by atoms with Gasteiger partial charge in [-0.25, -0.2) is 14.7 Å². The summed E-state index contributed by atoms with van der Waals surface area (Å²) in [5, 5.41) is 17.6. The number of nitrogens with zero attached hydrogens (tertiary/aromatic N) is 4. The minimum absolute atomic E-state index is 0.0249. The van der Waals surface area contributed by atoms with Crippen LogP contribution in [-0.4, -0.2) is 81.5 Å². The Morgan fingerprint density at radius 2 is 1.74 bits per heavy atom. The number of nitrogens with one attached hydrogen (secondary N) is 1. The number of benzene rings is 2. The molecule has 3 amide bonds. The first-order valence-electron chi connectivity index (χ1n) is 13.6. The van der Waals surface area contributed by atoms with Gasteiger partial charge in [-0.2, -0.15) is 5.01 Å². The van der Waals surface area contributed by atoms with Crippen molar-refractivity contribution < 1.29 is 14.7 Å². The maximum Gasteiger partial charge on any atom is 0.333 e. The second-order valence-electron chi connectivity index (χ2n) is 9.98. The van der Waals surface area contributed by atoms with Crippen molar-refractivity contribution in [2.45, 2.75) is 64.0 Å². The summed E-state index contributed by atoms with van der Waals surface area (Å²) in [6, 6.07) is 19.2. The van der Waals surface area contributed by atoms with Crippen LogP contribution < -0.4 is 5.32 Å². The number of hydrazine groups is 1. The van der Waals surface area contributed by atoms with Crippen LogP contribution in [0.25, 0.3) is 0 Å². The van der Waals surface area contributed by atoms with Gasteiger partial charge >= 0.3 is 6.03 Å². The molecule has 3 atom stereocenters. The molecule has 2 aromatic rings. The fourth-order valence-corrected chi connectivity index (χ4v) is 5.45. The van der Waals surface area contributed by atoms with Gasteiger partial charge in [0.25, 0.3) is 0 Å². The Hall–Kier alpha value is -3.38. The molecule has 8 heteroatoms. The number of fused-ring (bicyclic) bond motifs is 1. The molecular formula is C30H39N5O3. The zero-order valence-electron chi connectivity index (χ0n) is 22.2. The zero-order chi connectivity index (χ0) is 26.9. The van der Waals surface area contributed by atoms with Gasteiger partial charge in [0.15, 0.2) is 0 Å². The molecule has 2 saturated heterocycles. The van der Waals surface area contributed by atoms with Crippen LogP contribution in [0.1, 0.15) is 43.7 Å². The van der Waals surface area contributed by atoms with E-state index >= 15 is 0 Å². The van der Waals surface area contributed by atoms with Crippen molar-refractivity contribution in [2.24, 2.45) is 0 Å². The molecule has 1 unspecified atom stereocenters. The summed E-state index contributed by atoms with van der Waals surface area (Å²) >= 11 is 0. The Bertz CT molecular complexity index is 1090. The summed E-state index contributed by atoms with van der Waals surface area (Å²) in [7, 11) is 0. The smallest absolute Gasteiger partial charge is 0.333 e. The maximum absolute atomic E-state index is 13.7. The van der Waals surface area contributed by atoms with E-state index in [1.54, 1.807) is 10.0 Å². The van der Waals surface area contributed by atoms with E-state index in [1.807, 2.05) is 58.3 Å². The number of piperazine rings is 1. The number of aliphatic hydroxyl groups is 1. The van der Waals surface area contributed by atoms with Crippen LogP contribution in [0.5, 0.6) is 0 Å². The monoisotopic (exact) mass is 517 g/mol. The average Bonchev–Trinajstić information content (AvgIpc) is 2.93. The van der Waals surface area contributed by atoms with Crippen molar-refractivity contribution in [2.75, 3.05) is 26.2 Å². The van der Waals surface area contributed by atoms with Crippen molar-refractivity contribution >= 4 is 11.9 Å². The zero-order valence-corrected chi connectivity index (χ0v) is 22.2. The van der Waals surface area contributed by atoms with E-state index in [0.29, 0.717) is 26.1 Å². The van der Waals surface area contributed by atoms with Gasteiger partial charge in [0, 0.05) is 13.1 Å². The fourth-order valence-electron chi connectivity index (χ4n) is 5.45. The molecule has 2 heterocycles. The molecule has 38 heavy (non-hydrogen) atoms. The van der Waals surface area contributed by atoms with Crippen LogP contribution >= 0.6 is 0 Å². The number of carbonyl (C=O) groups is 2. The van der Waals surface area contributed by atoms with Crippen molar-refractivity contribution in [3.8, 4) is 12.3 Å². The highest BCUT2D eigenvalue weighted by Gasteiger charge is 2.51. The molecule has 202 valence electrons. The number of aliphatic hydroxyl groups excluding tert-OH is 1. The van der Waals surface area contributed by atoms with E-state index < -0.39 is 18.4 Å². The van der Waals surface area contributed by atoms with Gasteiger partial charge in [-0.15, -0.1) is 6.42 Å². The highest BCUT2D eigenvalue weighted by Crippen LogP contribution is 2.30. The van der Waals surface area contributed by atoms with E-state index in [1.165, 1.54) is 5.56 Å². The first kappa shape index (κ1) is 27.6. The Morgan fingerprint density at radius 3 is 2.39 bits per heavy atom. The van der Waals surface area contributed by atoms with E-state index in [4.69, 9.17) is 6.42 Å². The van der Waals surface area contributed by atoms with Gasteiger partial charge < -0.3 is 15.3 Å². The number of aryl methyl sites for hydroxylation is 1. The second-order valence-corrected chi connectivity index (χ2v) is 9.98. The standard InChI is InChI=1S/C30H39N5O3/c1-3-5-18-26-29(37)32(20-12-17-24-13-8-6-9-14-24)22-27-34(26)28(36)23-33(19-4-2)35(27)30(38)31-21-25-15-10-7-11-16-25/h2,6-11,13-16,26-28,36H,3,5,12,17-23H2,1H3,(H,31,38)/t26-,27-,28?/m0/s1. The molecular weight excluding hydrogens is 478 g/mol. The maximum atomic E-state index is 13.7. The number of amides is 3. The summed E-state index contributed by atoms with van der Waals surface area (Å²) in [4.78, 5) is 31.0. The Kier molecular flexibility index (Phi) is 9.77. The number of hydrogen-bond acceptors (Lipinski definition) is 5. The molecule has 8 nitrogen and oxygen atoms in total. The lowest BCUT2D eigenvalue weighted by molar-refractivity contribution is -0.226. The highest BCUT2D eigenvalue weighted by molar-refractivity contribution is 5.83. The molecule has 0 radical (unpaired) electrons. The number of unbranched alkanes of at least 4 members (excludes halogenated alkanes) is 1. The lowest BCUT2D eigenvalue weighted by Gasteiger charge is -2.57. The SMILES string of the molecule is C#CCN1CC(O)N2[C@@H](CCCC)C(=O)N(CCCc3ccccc3)C[C@@H]2N1C(=O)NCc1ccccc1. The van der Waals surface area contributed by atoms with Crippen molar-refractivity contribution in [1.82, 2.24) is 25.1 Å². The second kappa shape index (κ2) is 13.4. The van der Waals surface area contributed by atoms with Crippen LogP contribution in [0.15, 0.2) is 60.7 Å². The van der Waals surface area contributed by atoms with Crippen LogP contribution in [0, 0.1) is 12.3 Å². The van der Waals surface area contributed by atoms with Gasteiger partial charge in [0.2, 0.25) is 5.91 Å². The van der Waals surface area contributed by atoms with Gasteiger partial charge in [-0.1, -0.05) is 86.3 Å². The molecule has 0 bridgehead atoms. The van der Waals surface area contributed by atoms with Crippen LogP contribution in [0.2, 0.25) is 0 Å². The minimum atomic E-state index is -0.899. The van der Waals surface area contributed by atoms with Crippen molar-refractivity contribution in [1.29, 1.82) is 0 Å². The molecule has 0 spiro atoms. The number of hydrogen-bond donors (Lipinski definition) is 2. The number of terminal acetylenes is 1. The van der Waals surface area contributed by atoms with E-state index in [2.05, 4.69) is 30.3 Å². The number of urea groups is 1. The highest BCUT2D eigenvalue weighted by atomic mass is 16.3. The molecule has 2 aromatic carbocycles. The largest absolute Gasteiger partial charge is 0.377 e. The summed E-state index contributed by atoms with van der Waals surface area (Å²) in [6.07, 6.45) is 8.36. The average molecular weight is 518 g/mol. The topological polar surface area (TPSA) is 79.4 Å². The Morgan fingerprint density at radius 1 is 1.05 bits per heavy atom. The number of β-amino-alcohol motifs (C(OH)–C–C–N with tert-alkyl or cyclic N) is 1. The van der Waals surface area contributed by atoms with E-state index in [-0.39, 0.29) is 25.0 Å². The molecule has 4 rings (SSSR count). The van der Waals surface area contributed by atoms with Crippen LogP contribution in [-0.2, 0) is 17.8 Å².